The zero-order valence-electron chi connectivity index (χ0n) is 7.91. The molecular formula is C9H14N2O2. The monoisotopic (exact) mass is 182 g/mol. The Kier molecular flexibility index (Phi) is 3.64. The first kappa shape index (κ1) is 9.92. The third-order valence-corrected chi connectivity index (χ3v) is 1.93. The van der Waals surface area contributed by atoms with Crippen molar-refractivity contribution >= 4 is 5.78 Å². The number of ketones is 1. The highest BCUT2D eigenvalue weighted by Crippen LogP contribution is 2.08. The molecule has 0 aliphatic carbocycles. The minimum absolute atomic E-state index is 0.0360. The van der Waals surface area contributed by atoms with Crippen LogP contribution < -0.4 is 0 Å². The number of methoxy groups -OCH3 is 1. The molecule has 1 rings (SSSR count). The van der Waals surface area contributed by atoms with Crippen LogP contribution in [0.1, 0.15) is 24.0 Å². The molecule has 0 bridgehead atoms. The highest BCUT2D eigenvalue weighted by molar-refractivity contribution is 5.94. The maximum absolute atomic E-state index is 11.6. The average Bonchev–Trinajstić information content (AvgIpc) is 2.65. The van der Waals surface area contributed by atoms with Crippen molar-refractivity contribution in [1.82, 2.24) is 9.97 Å². The fraction of sp³-hybridized carbons (Fsp3) is 0.556. The number of aromatic amines is 1. The van der Waals surface area contributed by atoms with Crippen LogP contribution in [0.4, 0.5) is 0 Å². The van der Waals surface area contributed by atoms with Gasteiger partial charge in [-0.1, -0.05) is 6.92 Å². The molecule has 0 aliphatic rings. The number of nitrogens with one attached hydrogen (secondary N) is 1. The van der Waals surface area contributed by atoms with Crippen LogP contribution in [-0.4, -0.2) is 29.5 Å². The molecular weight excluding hydrogens is 168 g/mol. The van der Waals surface area contributed by atoms with Gasteiger partial charge in [-0.05, 0) is 6.42 Å². The SMILES string of the molecule is COCCC(C)C(=O)c1ncc[nH]1. The normalized spacial score (nSPS) is 12.8. The molecule has 13 heavy (non-hydrogen) atoms. The van der Waals surface area contributed by atoms with Crippen LogP contribution in [0.2, 0.25) is 0 Å². The largest absolute Gasteiger partial charge is 0.385 e. The first-order valence-corrected chi connectivity index (χ1v) is 4.28. The number of hydrogen-bond donors (Lipinski definition) is 1. The van der Waals surface area contributed by atoms with Crippen LogP contribution in [-0.2, 0) is 4.74 Å². The van der Waals surface area contributed by atoms with Crippen LogP contribution in [0.5, 0.6) is 0 Å². The molecule has 72 valence electrons. The first-order valence-electron chi connectivity index (χ1n) is 4.28. The lowest BCUT2D eigenvalue weighted by molar-refractivity contribution is 0.0884. The van der Waals surface area contributed by atoms with E-state index in [1.165, 1.54) is 0 Å². The third-order valence-electron chi connectivity index (χ3n) is 1.93. The third kappa shape index (κ3) is 2.66. The van der Waals surface area contributed by atoms with Crippen LogP contribution in [0.3, 0.4) is 0 Å². The Morgan fingerprint density at radius 1 is 1.77 bits per heavy atom. The maximum Gasteiger partial charge on any atom is 0.200 e. The van der Waals surface area contributed by atoms with Gasteiger partial charge < -0.3 is 9.72 Å². The molecule has 0 amide bonds. The van der Waals surface area contributed by atoms with Crippen molar-refractivity contribution in [1.29, 1.82) is 0 Å². The summed E-state index contributed by atoms with van der Waals surface area (Å²) in [4.78, 5) is 18.3. The van der Waals surface area contributed by atoms with Crippen molar-refractivity contribution < 1.29 is 9.53 Å². The van der Waals surface area contributed by atoms with E-state index in [0.29, 0.717) is 12.4 Å². The number of aromatic nitrogens is 2. The van der Waals surface area contributed by atoms with Gasteiger partial charge in [-0.15, -0.1) is 0 Å². The second kappa shape index (κ2) is 4.77. The molecule has 1 heterocycles. The second-order valence-corrected chi connectivity index (χ2v) is 2.98. The number of carbonyl (C=O) groups is 1. The molecule has 0 aliphatic heterocycles. The summed E-state index contributed by atoms with van der Waals surface area (Å²) in [5.41, 5.74) is 0. The van der Waals surface area contributed by atoms with Crippen molar-refractivity contribution in [2.24, 2.45) is 5.92 Å². The number of ether oxygens (including phenoxy) is 1. The van der Waals surface area contributed by atoms with Gasteiger partial charge in [-0.2, -0.15) is 0 Å². The predicted octanol–water partition coefficient (Wildman–Crippen LogP) is 1.26. The Labute approximate surface area is 77.3 Å². The van der Waals surface area contributed by atoms with Gasteiger partial charge in [-0.25, -0.2) is 4.98 Å². The summed E-state index contributed by atoms with van der Waals surface area (Å²) >= 11 is 0. The molecule has 1 unspecified atom stereocenters. The number of rotatable bonds is 5. The van der Waals surface area contributed by atoms with Crippen molar-refractivity contribution in [2.45, 2.75) is 13.3 Å². The number of hydrogen-bond acceptors (Lipinski definition) is 3. The fourth-order valence-corrected chi connectivity index (χ4v) is 1.06. The lowest BCUT2D eigenvalue weighted by Crippen LogP contribution is -2.14. The van der Waals surface area contributed by atoms with E-state index in [1.54, 1.807) is 19.5 Å². The molecule has 4 nitrogen and oxygen atoms in total. The Hall–Kier alpha value is -1.16. The van der Waals surface area contributed by atoms with E-state index in [0.717, 1.165) is 6.42 Å². The average molecular weight is 182 g/mol. The summed E-state index contributed by atoms with van der Waals surface area (Å²) in [6.07, 6.45) is 3.96. The number of H-pyrrole nitrogens is 1. The molecule has 0 spiro atoms. The molecule has 4 heteroatoms. The molecule has 0 saturated heterocycles. The molecule has 0 aromatic carbocycles. The molecule has 1 aromatic rings. The predicted molar refractivity (Wildman–Crippen MR) is 48.6 cm³/mol. The maximum atomic E-state index is 11.6. The Bertz CT molecular complexity index is 257. The smallest absolute Gasteiger partial charge is 0.200 e. The first-order chi connectivity index (χ1) is 6.25. The summed E-state index contributed by atoms with van der Waals surface area (Å²) in [7, 11) is 1.63. The number of nitrogens with zero attached hydrogens (tertiary/aromatic N) is 1. The summed E-state index contributed by atoms with van der Waals surface area (Å²) in [5.74, 6) is 0.441. The molecule has 0 radical (unpaired) electrons. The van der Waals surface area contributed by atoms with Gasteiger partial charge in [0.05, 0.1) is 0 Å². The quantitative estimate of drug-likeness (QED) is 0.697. The Morgan fingerprint density at radius 3 is 3.08 bits per heavy atom. The topological polar surface area (TPSA) is 55.0 Å². The van der Waals surface area contributed by atoms with Crippen LogP contribution in [0, 0.1) is 5.92 Å². The summed E-state index contributed by atoms with van der Waals surface area (Å²) in [6, 6.07) is 0. The summed E-state index contributed by atoms with van der Waals surface area (Å²) < 4.78 is 4.90. The minimum atomic E-state index is -0.0360. The lowest BCUT2D eigenvalue weighted by atomic mass is 10.0. The van der Waals surface area contributed by atoms with Gasteiger partial charge in [0.2, 0.25) is 5.78 Å². The van der Waals surface area contributed by atoms with E-state index in [4.69, 9.17) is 4.74 Å². The summed E-state index contributed by atoms with van der Waals surface area (Å²) in [5, 5.41) is 0. The second-order valence-electron chi connectivity index (χ2n) is 2.98. The van der Waals surface area contributed by atoms with Crippen molar-refractivity contribution in [3.05, 3.63) is 18.2 Å². The van der Waals surface area contributed by atoms with Gasteiger partial charge in [0.15, 0.2) is 5.82 Å². The summed E-state index contributed by atoms with van der Waals surface area (Å²) in [6.45, 7) is 2.48. The van der Waals surface area contributed by atoms with Gasteiger partial charge >= 0.3 is 0 Å². The molecule has 1 aromatic heterocycles. The van der Waals surface area contributed by atoms with E-state index in [-0.39, 0.29) is 11.7 Å². The van der Waals surface area contributed by atoms with Gasteiger partial charge in [0, 0.05) is 32.0 Å². The van der Waals surface area contributed by atoms with Crippen LogP contribution in [0.15, 0.2) is 12.4 Å². The minimum Gasteiger partial charge on any atom is -0.385 e. The highest BCUT2D eigenvalue weighted by atomic mass is 16.5. The van der Waals surface area contributed by atoms with Gasteiger partial charge in [0.25, 0.3) is 0 Å². The van der Waals surface area contributed by atoms with Crippen molar-refractivity contribution in [3.63, 3.8) is 0 Å². The van der Waals surface area contributed by atoms with Gasteiger partial charge in [0.1, 0.15) is 0 Å². The van der Waals surface area contributed by atoms with Crippen LogP contribution in [0.25, 0.3) is 0 Å². The van der Waals surface area contributed by atoms with E-state index in [1.807, 2.05) is 6.92 Å². The van der Waals surface area contributed by atoms with E-state index < -0.39 is 0 Å². The number of Topliss-reactive ketones (excluding diaryl/α,β-unsaturated/α-hetero) is 1. The van der Waals surface area contributed by atoms with Crippen LogP contribution >= 0.6 is 0 Å². The Morgan fingerprint density at radius 2 is 2.54 bits per heavy atom. The lowest BCUT2D eigenvalue weighted by Gasteiger charge is -2.06. The van der Waals surface area contributed by atoms with E-state index in [2.05, 4.69) is 9.97 Å². The molecule has 1 atom stereocenters. The molecule has 0 fully saturated rings. The number of imidazole rings is 1. The van der Waals surface area contributed by atoms with Gasteiger partial charge in [-0.3, -0.25) is 4.79 Å². The Balaban J connectivity index is 2.48. The standard InChI is InChI=1S/C9H14N2O2/c1-7(3-6-13-2)8(12)9-10-4-5-11-9/h4-5,7H,3,6H2,1-2H3,(H,10,11). The highest BCUT2D eigenvalue weighted by Gasteiger charge is 2.16. The molecule has 1 N–H and O–H groups in total. The zero-order valence-corrected chi connectivity index (χ0v) is 7.91. The fourth-order valence-electron chi connectivity index (χ4n) is 1.06. The van der Waals surface area contributed by atoms with E-state index >= 15 is 0 Å². The van der Waals surface area contributed by atoms with Crippen molar-refractivity contribution in [2.75, 3.05) is 13.7 Å². The van der Waals surface area contributed by atoms with Crippen molar-refractivity contribution in [3.8, 4) is 0 Å². The van der Waals surface area contributed by atoms with E-state index in [9.17, 15) is 4.79 Å². The zero-order chi connectivity index (χ0) is 9.68. The molecule has 0 saturated carbocycles. The number of carbonyl (C=O) groups excluding carboxylic acids is 1.